The molecule has 1 saturated heterocycles. The molecular formula is C11H13N3O3S2. The van der Waals surface area contributed by atoms with Crippen LogP contribution >= 0.6 is 11.3 Å². The van der Waals surface area contributed by atoms with E-state index in [1.165, 1.54) is 16.2 Å². The average molecular weight is 299 g/mol. The van der Waals surface area contributed by atoms with Crippen LogP contribution in [0.25, 0.3) is 0 Å². The molecular weight excluding hydrogens is 286 g/mol. The molecule has 0 saturated carbocycles. The smallest absolute Gasteiger partial charge is 0.229 e. The van der Waals surface area contributed by atoms with Gasteiger partial charge in [0, 0.05) is 17.8 Å². The lowest BCUT2D eigenvalue weighted by Crippen LogP contribution is -2.32. The van der Waals surface area contributed by atoms with E-state index >= 15 is 0 Å². The number of hydrogen-bond donors (Lipinski definition) is 1. The molecule has 1 fully saturated rings. The van der Waals surface area contributed by atoms with Gasteiger partial charge in [-0.2, -0.15) is 5.26 Å². The highest BCUT2D eigenvalue weighted by molar-refractivity contribution is 7.89. The van der Waals surface area contributed by atoms with Crippen LogP contribution in [0.3, 0.4) is 0 Å². The van der Waals surface area contributed by atoms with Crippen molar-refractivity contribution in [1.29, 1.82) is 5.26 Å². The van der Waals surface area contributed by atoms with Gasteiger partial charge in [0.2, 0.25) is 15.9 Å². The van der Waals surface area contributed by atoms with Crippen LogP contribution in [0.5, 0.6) is 0 Å². The highest BCUT2D eigenvalue weighted by atomic mass is 32.2. The summed E-state index contributed by atoms with van der Waals surface area (Å²) in [5, 5.41) is 13.9. The van der Waals surface area contributed by atoms with Gasteiger partial charge in [-0.05, 0) is 19.4 Å². The fourth-order valence-corrected chi connectivity index (χ4v) is 3.89. The summed E-state index contributed by atoms with van der Waals surface area (Å²) >= 11 is 1.33. The molecule has 19 heavy (non-hydrogen) atoms. The predicted molar refractivity (Wildman–Crippen MR) is 72.4 cm³/mol. The van der Waals surface area contributed by atoms with E-state index in [9.17, 15) is 13.2 Å². The van der Waals surface area contributed by atoms with E-state index < -0.39 is 15.3 Å². The Morgan fingerprint density at radius 1 is 1.47 bits per heavy atom. The van der Waals surface area contributed by atoms with Crippen LogP contribution in [0, 0.1) is 25.2 Å². The van der Waals surface area contributed by atoms with Gasteiger partial charge in [0.1, 0.15) is 16.3 Å². The second-order valence-electron chi connectivity index (χ2n) is 4.49. The number of sulfonamides is 1. The zero-order chi connectivity index (χ0) is 14.4. The number of anilines is 1. The quantitative estimate of drug-likeness (QED) is 0.864. The molecule has 1 aliphatic rings. The fraction of sp³-hybridized carbons (Fsp3) is 0.455. The van der Waals surface area contributed by atoms with Gasteiger partial charge in [0.15, 0.2) is 0 Å². The van der Waals surface area contributed by atoms with Crippen molar-refractivity contribution in [1.82, 2.24) is 0 Å². The number of aryl methyl sites for hydroxylation is 1. The molecule has 0 aromatic carbocycles. The van der Waals surface area contributed by atoms with Crippen molar-refractivity contribution in [2.75, 3.05) is 11.4 Å². The van der Waals surface area contributed by atoms with Crippen molar-refractivity contribution >= 4 is 32.3 Å². The molecule has 2 N–H and O–H groups in total. The Morgan fingerprint density at radius 2 is 2.11 bits per heavy atom. The minimum Gasteiger partial charge on any atom is -0.301 e. The maximum atomic E-state index is 11.9. The number of amides is 1. The van der Waals surface area contributed by atoms with Gasteiger partial charge in [-0.15, -0.1) is 11.3 Å². The molecule has 1 aromatic heterocycles. The number of primary sulfonamides is 1. The van der Waals surface area contributed by atoms with Crippen molar-refractivity contribution in [3.05, 3.63) is 16.0 Å². The summed E-state index contributed by atoms with van der Waals surface area (Å²) < 4.78 is 22.6. The maximum absolute atomic E-state index is 11.9. The Balaban J connectivity index is 2.42. The number of nitrogens with two attached hydrogens (primary N) is 1. The van der Waals surface area contributed by atoms with Gasteiger partial charge in [-0.3, -0.25) is 4.79 Å². The number of hydrogen-bond acceptors (Lipinski definition) is 5. The second-order valence-corrected chi connectivity index (χ2v) is 7.54. The Hall–Kier alpha value is -1.43. The summed E-state index contributed by atoms with van der Waals surface area (Å²) in [6, 6.07) is 2.07. The summed E-state index contributed by atoms with van der Waals surface area (Å²) in [6.07, 6.45) is -0.125. The zero-order valence-electron chi connectivity index (χ0n) is 10.5. The molecule has 0 spiro atoms. The molecule has 0 radical (unpaired) electrons. The van der Waals surface area contributed by atoms with Gasteiger partial charge >= 0.3 is 0 Å². The topological polar surface area (TPSA) is 104 Å². The number of nitrogens with zero attached hydrogens (tertiary/aromatic N) is 2. The summed E-state index contributed by atoms with van der Waals surface area (Å²) in [6.45, 7) is 3.69. The summed E-state index contributed by atoms with van der Waals surface area (Å²) in [7, 11) is -3.74. The zero-order valence-corrected chi connectivity index (χ0v) is 12.1. The third-order valence-electron chi connectivity index (χ3n) is 3.28. The Morgan fingerprint density at radius 3 is 2.58 bits per heavy atom. The van der Waals surface area contributed by atoms with Crippen LogP contribution in [0.4, 0.5) is 5.00 Å². The SMILES string of the molecule is Cc1sc(N2CC(S(N)(=O)=O)CC2=O)c(C#N)c1C. The van der Waals surface area contributed by atoms with Crippen LogP contribution < -0.4 is 10.0 Å². The lowest BCUT2D eigenvalue weighted by molar-refractivity contribution is -0.117. The van der Waals surface area contributed by atoms with Gasteiger partial charge in [0.05, 0.1) is 5.56 Å². The first kappa shape index (κ1) is 14.0. The highest BCUT2D eigenvalue weighted by Crippen LogP contribution is 2.37. The third kappa shape index (κ3) is 2.36. The monoisotopic (exact) mass is 299 g/mol. The lowest BCUT2D eigenvalue weighted by Gasteiger charge is -2.14. The summed E-state index contributed by atoms with van der Waals surface area (Å²) in [4.78, 5) is 14.2. The summed E-state index contributed by atoms with van der Waals surface area (Å²) in [5.74, 6) is -0.309. The van der Waals surface area contributed by atoms with E-state index in [1.807, 2.05) is 13.8 Å². The molecule has 0 bridgehead atoms. The van der Waals surface area contributed by atoms with Crippen molar-refractivity contribution in [3.8, 4) is 6.07 Å². The molecule has 1 aliphatic heterocycles. The normalized spacial score (nSPS) is 19.8. The number of nitriles is 1. The second kappa shape index (κ2) is 4.59. The van der Waals surface area contributed by atoms with Crippen LogP contribution in [-0.2, 0) is 14.8 Å². The van der Waals surface area contributed by atoms with E-state index in [0.717, 1.165) is 10.4 Å². The molecule has 1 amide bonds. The van der Waals surface area contributed by atoms with Crippen LogP contribution in [0.2, 0.25) is 0 Å². The first-order valence-corrected chi connectivity index (χ1v) is 8.00. The molecule has 1 atom stereocenters. The minimum absolute atomic E-state index is 0.0196. The number of thiophene rings is 1. The van der Waals surface area contributed by atoms with Crippen molar-refractivity contribution in [2.45, 2.75) is 25.5 Å². The van der Waals surface area contributed by atoms with Crippen molar-refractivity contribution in [3.63, 3.8) is 0 Å². The lowest BCUT2D eigenvalue weighted by atomic mass is 10.2. The first-order valence-electron chi connectivity index (χ1n) is 5.57. The first-order chi connectivity index (χ1) is 8.75. The Labute approximate surface area is 115 Å². The standard InChI is InChI=1S/C11H13N3O3S2/c1-6-7(2)18-11(9(6)4-12)14-5-8(3-10(14)15)19(13,16)17/h8H,3,5H2,1-2H3,(H2,13,16,17). The molecule has 1 unspecified atom stereocenters. The molecule has 8 heteroatoms. The molecule has 2 heterocycles. The molecule has 2 rings (SSSR count). The van der Waals surface area contributed by atoms with Gasteiger partial charge in [-0.25, -0.2) is 13.6 Å². The van der Waals surface area contributed by atoms with Gasteiger partial charge in [0.25, 0.3) is 0 Å². The Kier molecular flexibility index (Phi) is 3.38. The average Bonchev–Trinajstić information content (AvgIpc) is 2.81. The fourth-order valence-electron chi connectivity index (χ4n) is 2.02. The maximum Gasteiger partial charge on any atom is 0.229 e. The van der Waals surface area contributed by atoms with E-state index in [4.69, 9.17) is 10.4 Å². The molecule has 0 aliphatic carbocycles. The molecule has 6 nitrogen and oxygen atoms in total. The van der Waals surface area contributed by atoms with Crippen LogP contribution in [-0.4, -0.2) is 26.1 Å². The van der Waals surface area contributed by atoms with E-state index in [2.05, 4.69) is 6.07 Å². The van der Waals surface area contributed by atoms with Crippen LogP contribution in [0.1, 0.15) is 22.4 Å². The van der Waals surface area contributed by atoms with E-state index in [1.54, 1.807) is 0 Å². The number of rotatable bonds is 2. The van der Waals surface area contributed by atoms with E-state index in [-0.39, 0.29) is 18.9 Å². The number of carbonyl (C=O) groups is 1. The summed E-state index contributed by atoms with van der Waals surface area (Å²) in [5.41, 5.74) is 1.26. The molecule has 1 aromatic rings. The largest absolute Gasteiger partial charge is 0.301 e. The van der Waals surface area contributed by atoms with Crippen molar-refractivity contribution < 1.29 is 13.2 Å². The highest BCUT2D eigenvalue weighted by Gasteiger charge is 2.39. The van der Waals surface area contributed by atoms with Gasteiger partial charge in [-0.1, -0.05) is 0 Å². The predicted octanol–water partition coefficient (Wildman–Crippen LogP) is 0.630. The van der Waals surface area contributed by atoms with Crippen molar-refractivity contribution in [2.24, 2.45) is 5.14 Å². The van der Waals surface area contributed by atoms with E-state index in [0.29, 0.717) is 10.6 Å². The number of carbonyl (C=O) groups excluding carboxylic acids is 1. The molecule has 102 valence electrons. The Bertz CT molecular complexity index is 685. The minimum atomic E-state index is -3.74. The third-order valence-corrected chi connectivity index (χ3v) is 5.75. The van der Waals surface area contributed by atoms with Gasteiger partial charge < -0.3 is 4.90 Å². The van der Waals surface area contributed by atoms with Crippen LogP contribution in [0.15, 0.2) is 0 Å².